The zero-order valence-electron chi connectivity index (χ0n) is 13.9. The first-order chi connectivity index (χ1) is 12.1. The third-order valence-electron chi connectivity index (χ3n) is 4.51. The summed E-state index contributed by atoms with van der Waals surface area (Å²) in [5, 5.41) is 6.46. The zero-order chi connectivity index (χ0) is 17.6. The van der Waals surface area contributed by atoms with Crippen LogP contribution in [-0.4, -0.2) is 40.2 Å². The number of rotatable bonds is 6. The third-order valence-corrected chi connectivity index (χ3v) is 4.51. The first-order valence-electron chi connectivity index (χ1n) is 8.55. The number of halogens is 2. The van der Waals surface area contributed by atoms with Gasteiger partial charge in [-0.3, -0.25) is 9.69 Å². The van der Waals surface area contributed by atoms with Crippen molar-refractivity contribution in [3.63, 3.8) is 0 Å². The lowest BCUT2D eigenvalue weighted by Gasteiger charge is -2.35. The van der Waals surface area contributed by atoms with E-state index in [0.29, 0.717) is 11.2 Å². The summed E-state index contributed by atoms with van der Waals surface area (Å²) in [6, 6.07) is 11.4. The fraction of sp³-hybridized carbons (Fsp3) is 0.444. The van der Waals surface area contributed by atoms with Crippen molar-refractivity contribution in [3.05, 3.63) is 53.9 Å². The van der Waals surface area contributed by atoms with Gasteiger partial charge < -0.3 is 5.32 Å². The Balaban J connectivity index is 1.68. The standard InChI is InChI=1S/C18H22F2N4O/c19-18(20)24-12-9-15(22-24)17(25)21-13-16(14-7-3-1-4-8-14)23-10-5-2-6-11-23/h1,3-4,7-9,12,16,18H,2,5-6,10-11,13H2,(H,21,25)/t16-/m0/s1. The number of hydrogen-bond acceptors (Lipinski definition) is 3. The van der Waals surface area contributed by atoms with E-state index in [1.807, 2.05) is 18.2 Å². The first kappa shape index (κ1) is 17.5. The predicted octanol–water partition coefficient (Wildman–Crippen LogP) is 3.24. The van der Waals surface area contributed by atoms with Crippen molar-refractivity contribution in [2.24, 2.45) is 0 Å². The van der Waals surface area contributed by atoms with E-state index in [9.17, 15) is 13.6 Å². The molecule has 1 fully saturated rings. The molecule has 1 atom stereocenters. The van der Waals surface area contributed by atoms with Crippen LogP contribution >= 0.6 is 0 Å². The highest BCUT2D eigenvalue weighted by Crippen LogP contribution is 2.24. The Morgan fingerprint density at radius 3 is 2.48 bits per heavy atom. The monoisotopic (exact) mass is 348 g/mol. The molecule has 7 heteroatoms. The second kappa shape index (κ2) is 8.20. The maximum Gasteiger partial charge on any atom is 0.333 e. The van der Waals surface area contributed by atoms with E-state index >= 15 is 0 Å². The molecule has 3 rings (SSSR count). The van der Waals surface area contributed by atoms with Gasteiger partial charge in [0.05, 0.1) is 6.04 Å². The van der Waals surface area contributed by atoms with Crippen molar-refractivity contribution in [1.29, 1.82) is 0 Å². The highest BCUT2D eigenvalue weighted by Gasteiger charge is 2.23. The molecule has 134 valence electrons. The van der Waals surface area contributed by atoms with Crippen molar-refractivity contribution < 1.29 is 13.6 Å². The number of hydrogen-bond donors (Lipinski definition) is 1. The van der Waals surface area contributed by atoms with Crippen LogP contribution in [0, 0.1) is 0 Å². The average molecular weight is 348 g/mol. The molecule has 0 radical (unpaired) electrons. The van der Waals surface area contributed by atoms with E-state index in [2.05, 4.69) is 27.4 Å². The maximum absolute atomic E-state index is 12.6. The number of nitrogens with zero attached hydrogens (tertiary/aromatic N) is 3. The van der Waals surface area contributed by atoms with Crippen molar-refractivity contribution in [2.45, 2.75) is 31.9 Å². The summed E-state index contributed by atoms with van der Waals surface area (Å²) in [5.41, 5.74) is 1.15. The summed E-state index contributed by atoms with van der Waals surface area (Å²) in [7, 11) is 0. The Kier molecular flexibility index (Phi) is 5.75. The molecule has 5 nitrogen and oxygen atoms in total. The topological polar surface area (TPSA) is 50.2 Å². The van der Waals surface area contributed by atoms with Crippen LogP contribution in [0.25, 0.3) is 0 Å². The van der Waals surface area contributed by atoms with Gasteiger partial charge in [0.25, 0.3) is 5.91 Å². The molecule has 2 aromatic rings. The van der Waals surface area contributed by atoms with Crippen molar-refractivity contribution in [1.82, 2.24) is 20.0 Å². The number of piperidine rings is 1. The van der Waals surface area contributed by atoms with Gasteiger partial charge in [0, 0.05) is 12.7 Å². The Morgan fingerprint density at radius 1 is 1.12 bits per heavy atom. The van der Waals surface area contributed by atoms with Crippen LogP contribution in [0.5, 0.6) is 0 Å². The van der Waals surface area contributed by atoms with E-state index < -0.39 is 12.5 Å². The van der Waals surface area contributed by atoms with Crippen molar-refractivity contribution in [2.75, 3.05) is 19.6 Å². The van der Waals surface area contributed by atoms with Crippen LogP contribution in [0.1, 0.15) is 47.9 Å². The van der Waals surface area contributed by atoms with Gasteiger partial charge in [-0.15, -0.1) is 0 Å². The summed E-state index contributed by atoms with van der Waals surface area (Å²) in [5.74, 6) is -0.433. The largest absolute Gasteiger partial charge is 0.349 e. The zero-order valence-corrected chi connectivity index (χ0v) is 13.9. The van der Waals surface area contributed by atoms with Gasteiger partial charge in [-0.05, 0) is 37.6 Å². The van der Waals surface area contributed by atoms with E-state index in [0.717, 1.165) is 37.7 Å². The van der Waals surface area contributed by atoms with Gasteiger partial charge in [-0.1, -0.05) is 36.8 Å². The molecule has 0 unspecified atom stereocenters. The van der Waals surface area contributed by atoms with Gasteiger partial charge in [0.15, 0.2) is 0 Å². The lowest BCUT2D eigenvalue weighted by Crippen LogP contribution is -2.40. The van der Waals surface area contributed by atoms with Crippen molar-refractivity contribution in [3.8, 4) is 0 Å². The predicted molar refractivity (Wildman–Crippen MR) is 90.4 cm³/mol. The maximum atomic E-state index is 12.6. The highest BCUT2D eigenvalue weighted by molar-refractivity contribution is 5.92. The van der Waals surface area contributed by atoms with Gasteiger partial charge in [0.1, 0.15) is 5.69 Å². The molecule has 1 aliphatic heterocycles. The van der Waals surface area contributed by atoms with Crippen LogP contribution in [0.4, 0.5) is 8.78 Å². The Bertz CT molecular complexity index is 683. The number of likely N-dealkylation sites (tertiary alicyclic amines) is 1. The molecule has 1 aliphatic rings. The molecular weight excluding hydrogens is 326 g/mol. The van der Waals surface area contributed by atoms with E-state index in [1.54, 1.807) is 0 Å². The van der Waals surface area contributed by atoms with Gasteiger partial charge in [-0.2, -0.15) is 13.9 Å². The first-order valence-corrected chi connectivity index (χ1v) is 8.55. The fourth-order valence-electron chi connectivity index (χ4n) is 3.21. The molecule has 0 bridgehead atoms. The summed E-state index contributed by atoms with van der Waals surface area (Å²) in [4.78, 5) is 14.6. The fourth-order valence-corrected chi connectivity index (χ4v) is 3.21. The quantitative estimate of drug-likeness (QED) is 0.872. The summed E-state index contributed by atoms with van der Waals surface area (Å²) in [6.07, 6.45) is 4.64. The second-order valence-electron chi connectivity index (χ2n) is 6.19. The van der Waals surface area contributed by atoms with Crippen LogP contribution < -0.4 is 5.32 Å². The minimum Gasteiger partial charge on any atom is -0.349 e. The number of aromatic nitrogens is 2. The van der Waals surface area contributed by atoms with Gasteiger partial charge >= 0.3 is 6.55 Å². The lowest BCUT2D eigenvalue weighted by atomic mass is 10.0. The smallest absolute Gasteiger partial charge is 0.333 e. The average Bonchev–Trinajstić information content (AvgIpc) is 3.14. The van der Waals surface area contributed by atoms with E-state index in [1.165, 1.54) is 12.5 Å². The van der Waals surface area contributed by atoms with E-state index in [4.69, 9.17) is 0 Å². The SMILES string of the molecule is O=C(NC[C@@H](c1ccccc1)N1CCCCC1)c1ccn(C(F)F)n1. The van der Waals surface area contributed by atoms with E-state index in [-0.39, 0.29) is 11.7 Å². The number of benzene rings is 1. The molecule has 1 saturated heterocycles. The molecule has 1 aromatic heterocycles. The molecular formula is C18H22F2N4O. The third kappa shape index (κ3) is 4.42. The minimum atomic E-state index is -2.74. The van der Waals surface area contributed by atoms with Crippen LogP contribution in [0.15, 0.2) is 42.6 Å². The lowest BCUT2D eigenvalue weighted by molar-refractivity contribution is 0.0559. The molecule has 0 saturated carbocycles. The van der Waals surface area contributed by atoms with Gasteiger partial charge in [-0.25, -0.2) is 4.68 Å². The minimum absolute atomic E-state index is 0.00533. The molecule has 0 spiro atoms. The molecule has 1 aromatic carbocycles. The Morgan fingerprint density at radius 2 is 1.84 bits per heavy atom. The van der Waals surface area contributed by atoms with Crippen molar-refractivity contribution >= 4 is 5.91 Å². The summed E-state index contributed by atoms with van der Waals surface area (Å²) < 4.78 is 25.6. The van der Waals surface area contributed by atoms with Gasteiger partial charge in [0.2, 0.25) is 0 Å². The molecule has 2 heterocycles. The highest BCUT2D eigenvalue weighted by atomic mass is 19.3. The molecule has 1 amide bonds. The van der Waals surface area contributed by atoms with Crippen LogP contribution in [-0.2, 0) is 0 Å². The summed E-state index contributed by atoms with van der Waals surface area (Å²) >= 11 is 0. The molecule has 0 aliphatic carbocycles. The number of carbonyl (C=O) groups excluding carboxylic acids is 1. The van der Waals surface area contributed by atoms with Crippen LogP contribution in [0.2, 0.25) is 0 Å². The Hall–Kier alpha value is -2.28. The number of amides is 1. The second-order valence-corrected chi connectivity index (χ2v) is 6.19. The normalized spacial score (nSPS) is 16.8. The molecule has 25 heavy (non-hydrogen) atoms. The Labute approximate surface area is 145 Å². The summed E-state index contributed by atoms with van der Waals surface area (Å²) in [6.45, 7) is -0.332. The van der Waals surface area contributed by atoms with Crippen LogP contribution in [0.3, 0.4) is 0 Å². The number of carbonyl (C=O) groups is 1. The number of nitrogens with one attached hydrogen (secondary N) is 1. The molecule has 1 N–H and O–H groups in total. The number of alkyl halides is 2.